The van der Waals surface area contributed by atoms with Gasteiger partial charge in [-0.25, -0.2) is 0 Å². The molecule has 26 heavy (non-hydrogen) atoms. The van der Waals surface area contributed by atoms with Crippen LogP contribution in [0.25, 0.3) is 0 Å². The molecule has 8 heteroatoms. The van der Waals surface area contributed by atoms with Gasteiger partial charge in [0, 0.05) is 10.7 Å². The molecule has 0 radical (unpaired) electrons. The fraction of sp³-hybridized carbons (Fsp3) is 0.167. The van der Waals surface area contributed by atoms with Crippen molar-refractivity contribution >= 4 is 35.0 Å². The summed E-state index contributed by atoms with van der Waals surface area (Å²) in [4.78, 5) is 12.0. The normalized spacial score (nSPS) is 10.5. The zero-order valence-corrected chi connectivity index (χ0v) is 15.5. The van der Waals surface area contributed by atoms with Gasteiger partial charge in [-0.3, -0.25) is 4.79 Å². The lowest BCUT2D eigenvalue weighted by Gasteiger charge is -2.04. The first-order chi connectivity index (χ1) is 12.6. The molecule has 0 aliphatic carbocycles. The molecule has 0 saturated heterocycles. The minimum atomic E-state index is -0.141. The van der Waals surface area contributed by atoms with Crippen molar-refractivity contribution in [3.8, 4) is 5.75 Å². The standard InChI is InChI=1S/C18H16ClN3O3S/c1-12-3-2-4-14(9-12)20-16(23)11-26-18-22-21-17(25-18)10-24-15-7-5-13(19)6-8-15/h2-9H,10-11H2,1H3,(H,20,23). The average Bonchev–Trinajstić information content (AvgIpc) is 3.07. The maximum Gasteiger partial charge on any atom is 0.277 e. The van der Waals surface area contributed by atoms with Crippen LogP contribution in [0.1, 0.15) is 11.5 Å². The first-order valence-corrected chi connectivity index (χ1v) is 9.15. The number of carbonyl (C=O) groups excluding carboxylic acids is 1. The number of amides is 1. The van der Waals surface area contributed by atoms with E-state index in [0.29, 0.717) is 21.9 Å². The van der Waals surface area contributed by atoms with Gasteiger partial charge in [0.2, 0.25) is 5.91 Å². The van der Waals surface area contributed by atoms with Gasteiger partial charge in [-0.05, 0) is 48.9 Å². The lowest BCUT2D eigenvalue weighted by molar-refractivity contribution is -0.113. The first-order valence-electron chi connectivity index (χ1n) is 7.78. The predicted octanol–water partition coefficient (Wildman–Crippen LogP) is 4.34. The third kappa shape index (κ3) is 5.50. The second kappa shape index (κ2) is 8.73. The van der Waals surface area contributed by atoms with Crippen molar-refractivity contribution < 1.29 is 13.9 Å². The molecular formula is C18H16ClN3O3S. The number of carbonyl (C=O) groups is 1. The Morgan fingerprint density at radius 3 is 2.81 bits per heavy atom. The van der Waals surface area contributed by atoms with Crippen molar-refractivity contribution in [3.05, 3.63) is 65.0 Å². The molecular weight excluding hydrogens is 374 g/mol. The Kier molecular flexibility index (Phi) is 6.14. The highest BCUT2D eigenvalue weighted by atomic mass is 35.5. The summed E-state index contributed by atoms with van der Waals surface area (Å²) in [6, 6.07) is 14.6. The molecule has 2 aromatic carbocycles. The SMILES string of the molecule is Cc1cccc(NC(=O)CSc2nnc(COc3ccc(Cl)cc3)o2)c1. The molecule has 0 unspecified atom stereocenters. The van der Waals surface area contributed by atoms with Gasteiger partial charge in [-0.1, -0.05) is 35.5 Å². The van der Waals surface area contributed by atoms with Crippen LogP contribution in [0.15, 0.2) is 58.2 Å². The fourth-order valence-corrected chi connectivity index (χ4v) is 2.78. The Hall–Kier alpha value is -2.51. The molecule has 0 spiro atoms. The molecule has 1 heterocycles. The third-order valence-electron chi connectivity index (χ3n) is 3.25. The number of benzene rings is 2. The lowest BCUT2D eigenvalue weighted by atomic mass is 10.2. The highest BCUT2D eigenvalue weighted by molar-refractivity contribution is 7.99. The van der Waals surface area contributed by atoms with Crippen molar-refractivity contribution in [3.63, 3.8) is 0 Å². The number of nitrogens with zero attached hydrogens (tertiary/aromatic N) is 2. The van der Waals surface area contributed by atoms with Crippen LogP contribution < -0.4 is 10.1 Å². The smallest absolute Gasteiger partial charge is 0.277 e. The van der Waals surface area contributed by atoms with Gasteiger partial charge >= 0.3 is 0 Å². The van der Waals surface area contributed by atoms with E-state index in [4.69, 9.17) is 20.8 Å². The van der Waals surface area contributed by atoms with Gasteiger partial charge in [0.05, 0.1) is 5.75 Å². The monoisotopic (exact) mass is 389 g/mol. The van der Waals surface area contributed by atoms with Crippen LogP contribution in [0.4, 0.5) is 5.69 Å². The summed E-state index contributed by atoms with van der Waals surface area (Å²) in [7, 11) is 0. The highest BCUT2D eigenvalue weighted by Crippen LogP contribution is 2.19. The van der Waals surface area contributed by atoms with Gasteiger partial charge in [0.15, 0.2) is 6.61 Å². The lowest BCUT2D eigenvalue weighted by Crippen LogP contribution is -2.13. The van der Waals surface area contributed by atoms with Crippen LogP contribution in [-0.2, 0) is 11.4 Å². The maximum atomic E-state index is 12.0. The number of hydrogen-bond donors (Lipinski definition) is 1. The summed E-state index contributed by atoms with van der Waals surface area (Å²) in [6.07, 6.45) is 0. The second-order valence-corrected chi connectivity index (χ2v) is 6.77. The van der Waals surface area contributed by atoms with E-state index in [2.05, 4.69) is 15.5 Å². The Bertz CT molecular complexity index is 883. The maximum absolute atomic E-state index is 12.0. The number of aromatic nitrogens is 2. The van der Waals surface area contributed by atoms with E-state index < -0.39 is 0 Å². The number of nitrogens with one attached hydrogen (secondary N) is 1. The summed E-state index contributed by atoms with van der Waals surface area (Å²) in [5.41, 5.74) is 1.84. The molecule has 1 N–H and O–H groups in total. The Morgan fingerprint density at radius 2 is 2.04 bits per heavy atom. The van der Waals surface area contributed by atoms with Crippen LogP contribution >= 0.6 is 23.4 Å². The number of aryl methyl sites for hydroxylation is 1. The Labute approximate surface area is 159 Å². The minimum Gasteiger partial charge on any atom is -0.484 e. The first kappa shape index (κ1) is 18.3. The zero-order chi connectivity index (χ0) is 18.4. The number of anilines is 1. The highest BCUT2D eigenvalue weighted by Gasteiger charge is 2.10. The van der Waals surface area contributed by atoms with Crippen LogP contribution in [-0.4, -0.2) is 21.9 Å². The number of rotatable bonds is 7. The largest absolute Gasteiger partial charge is 0.484 e. The van der Waals surface area contributed by atoms with Crippen molar-refractivity contribution in [2.75, 3.05) is 11.1 Å². The summed E-state index contributed by atoms with van der Waals surface area (Å²) in [5.74, 6) is 1.02. The van der Waals surface area contributed by atoms with Gasteiger partial charge < -0.3 is 14.5 Å². The van der Waals surface area contributed by atoms with E-state index in [1.807, 2.05) is 31.2 Å². The van der Waals surface area contributed by atoms with Crippen molar-refractivity contribution in [1.29, 1.82) is 0 Å². The van der Waals surface area contributed by atoms with Gasteiger partial charge in [0.1, 0.15) is 5.75 Å². The van der Waals surface area contributed by atoms with E-state index in [9.17, 15) is 4.79 Å². The molecule has 1 aromatic heterocycles. The van der Waals surface area contributed by atoms with Crippen LogP contribution in [0.5, 0.6) is 5.75 Å². The van der Waals surface area contributed by atoms with E-state index in [0.717, 1.165) is 11.3 Å². The van der Waals surface area contributed by atoms with Gasteiger partial charge in [-0.2, -0.15) is 0 Å². The number of hydrogen-bond acceptors (Lipinski definition) is 6. The molecule has 6 nitrogen and oxygen atoms in total. The molecule has 0 bridgehead atoms. The number of halogens is 1. The van der Waals surface area contributed by atoms with Crippen molar-refractivity contribution in [2.24, 2.45) is 0 Å². The fourth-order valence-electron chi connectivity index (χ4n) is 2.08. The quantitative estimate of drug-likeness (QED) is 0.605. The van der Waals surface area contributed by atoms with Gasteiger partial charge in [-0.15, -0.1) is 10.2 Å². The molecule has 3 aromatic rings. The molecule has 0 aliphatic heterocycles. The van der Waals surface area contributed by atoms with Crippen LogP contribution in [0.2, 0.25) is 5.02 Å². The van der Waals surface area contributed by atoms with Gasteiger partial charge in [0.25, 0.3) is 11.1 Å². The summed E-state index contributed by atoms with van der Waals surface area (Å²) in [6.45, 7) is 2.11. The number of thioether (sulfide) groups is 1. The van der Waals surface area contributed by atoms with E-state index in [1.165, 1.54) is 11.8 Å². The second-order valence-electron chi connectivity index (χ2n) is 5.41. The predicted molar refractivity (Wildman–Crippen MR) is 101 cm³/mol. The minimum absolute atomic E-state index is 0.141. The molecule has 3 rings (SSSR count). The van der Waals surface area contributed by atoms with Crippen LogP contribution in [0, 0.1) is 6.92 Å². The van der Waals surface area contributed by atoms with E-state index in [1.54, 1.807) is 24.3 Å². The topological polar surface area (TPSA) is 77.2 Å². The number of ether oxygens (including phenoxy) is 1. The van der Waals surface area contributed by atoms with Crippen molar-refractivity contribution in [1.82, 2.24) is 10.2 Å². The zero-order valence-electron chi connectivity index (χ0n) is 13.9. The van der Waals surface area contributed by atoms with Crippen LogP contribution in [0.3, 0.4) is 0 Å². The van der Waals surface area contributed by atoms with Crippen molar-refractivity contribution in [2.45, 2.75) is 18.8 Å². The molecule has 0 aliphatic rings. The molecule has 1 amide bonds. The third-order valence-corrected chi connectivity index (χ3v) is 4.32. The Balaban J connectivity index is 1.45. The van der Waals surface area contributed by atoms with E-state index in [-0.39, 0.29) is 18.3 Å². The Morgan fingerprint density at radius 1 is 1.23 bits per heavy atom. The molecule has 0 fully saturated rings. The summed E-state index contributed by atoms with van der Waals surface area (Å²) in [5, 5.41) is 11.6. The van der Waals surface area contributed by atoms with E-state index >= 15 is 0 Å². The summed E-state index contributed by atoms with van der Waals surface area (Å²) >= 11 is 6.99. The average molecular weight is 390 g/mol. The molecule has 0 saturated carbocycles. The molecule has 0 atom stereocenters. The molecule has 134 valence electrons. The summed E-state index contributed by atoms with van der Waals surface area (Å²) < 4.78 is 11.0.